The molecule has 2 aliphatic rings. The van der Waals surface area contributed by atoms with E-state index in [0.717, 1.165) is 0 Å². The van der Waals surface area contributed by atoms with Crippen LogP contribution in [-0.2, 0) is 4.79 Å². The number of carboxylic acids is 1. The lowest BCUT2D eigenvalue weighted by Crippen LogP contribution is -2.54. The number of amides is 1. The number of hydrogen-bond donors (Lipinski definition) is 1. The van der Waals surface area contributed by atoms with Crippen molar-refractivity contribution in [2.24, 2.45) is 5.92 Å². The summed E-state index contributed by atoms with van der Waals surface area (Å²) < 4.78 is 22.3. The fraction of sp³-hybridized carbons (Fsp3) is 0.265. The molecule has 3 aromatic carbocycles. The molecule has 9 nitrogen and oxygen atoms in total. The molecule has 220 valence electrons. The van der Waals surface area contributed by atoms with Crippen molar-refractivity contribution in [3.8, 4) is 17.2 Å². The standard InChI is InChI=1S/C34H31NO8/c1-19-16-25(20(2)43-19)31(36)28-29(21-10-13-24(40-4)14-11-21)34(3,33(38)39)35(32(37)22-8-6-5-7-9-22)30(28)23-12-15-26-27(17-23)42-18-41-26/h5-17,28-30H,18H2,1-4H3,(H,38,39). The highest BCUT2D eigenvalue weighted by Crippen LogP contribution is 2.58. The van der Waals surface area contributed by atoms with Gasteiger partial charge in [0.1, 0.15) is 22.8 Å². The minimum Gasteiger partial charge on any atom is -0.497 e. The largest absolute Gasteiger partial charge is 0.497 e. The van der Waals surface area contributed by atoms with E-state index in [2.05, 4.69) is 0 Å². The number of carbonyl (C=O) groups excluding carboxylic acids is 2. The second-order valence-electron chi connectivity index (χ2n) is 11.0. The van der Waals surface area contributed by atoms with Crippen LogP contribution in [0.5, 0.6) is 17.2 Å². The van der Waals surface area contributed by atoms with Gasteiger partial charge in [-0.25, -0.2) is 4.79 Å². The number of ether oxygens (including phenoxy) is 3. The normalized spacial score (nSPS) is 22.4. The first kappa shape index (κ1) is 28.1. The number of rotatable bonds is 7. The lowest BCUT2D eigenvalue weighted by Gasteiger charge is -2.38. The van der Waals surface area contributed by atoms with Crippen LogP contribution in [0.3, 0.4) is 0 Å². The number of carboxylic acid groups (broad SMARTS) is 1. The molecule has 43 heavy (non-hydrogen) atoms. The first-order chi connectivity index (χ1) is 20.6. The number of aliphatic carboxylic acids is 1. The second-order valence-corrected chi connectivity index (χ2v) is 11.0. The molecular formula is C34H31NO8. The number of carbonyl (C=O) groups is 3. The fourth-order valence-corrected chi connectivity index (χ4v) is 6.57. The van der Waals surface area contributed by atoms with Crippen molar-refractivity contribution in [2.45, 2.75) is 38.3 Å². The average molecular weight is 582 g/mol. The van der Waals surface area contributed by atoms with Crippen molar-refractivity contribution in [1.82, 2.24) is 4.90 Å². The molecule has 0 aliphatic carbocycles. The maximum atomic E-state index is 14.7. The van der Waals surface area contributed by atoms with Crippen LogP contribution in [0.4, 0.5) is 0 Å². The Hall–Kier alpha value is -5.05. The first-order valence-electron chi connectivity index (χ1n) is 13.9. The summed E-state index contributed by atoms with van der Waals surface area (Å²) in [5, 5.41) is 11.0. The van der Waals surface area contributed by atoms with Gasteiger partial charge in [0.15, 0.2) is 17.3 Å². The minimum atomic E-state index is -1.85. The zero-order chi connectivity index (χ0) is 30.5. The molecular weight excluding hydrogens is 550 g/mol. The van der Waals surface area contributed by atoms with Crippen molar-refractivity contribution < 1.29 is 38.1 Å². The number of furan rings is 1. The van der Waals surface area contributed by atoms with Gasteiger partial charge in [-0.15, -0.1) is 0 Å². The summed E-state index contributed by atoms with van der Waals surface area (Å²) in [4.78, 5) is 44.1. The third-order valence-electron chi connectivity index (χ3n) is 8.58. The molecule has 0 saturated carbocycles. The molecule has 4 aromatic rings. The van der Waals surface area contributed by atoms with Crippen LogP contribution in [0.15, 0.2) is 83.3 Å². The first-order valence-corrected chi connectivity index (χ1v) is 13.9. The molecule has 1 amide bonds. The molecule has 1 saturated heterocycles. The topological polar surface area (TPSA) is 116 Å². The number of ketones is 1. The quantitative estimate of drug-likeness (QED) is 0.266. The molecule has 0 spiro atoms. The van der Waals surface area contributed by atoms with Crippen molar-refractivity contribution in [1.29, 1.82) is 0 Å². The van der Waals surface area contributed by atoms with Crippen LogP contribution in [0.2, 0.25) is 0 Å². The van der Waals surface area contributed by atoms with Crippen LogP contribution in [0, 0.1) is 19.8 Å². The van der Waals surface area contributed by atoms with Gasteiger partial charge in [-0.05, 0) is 74.4 Å². The van der Waals surface area contributed by atoms with E-state index in [9.17, 15) is 19.5 Å². The Kier molecular flexibility index (Phi) is 6.96. The smallest absolute Gasteiger partial charge is 0.330 e. The van der Waals surface area contributed by atoms with Crippen LogP contribution in [-0.4, -0.2) is 47.1 Å². The van der Waals surface area contributed by atoms with Crippen LogP contribution in [0.1, 0.15) is 62.2 Å². The molecule has 1 N–H and O–H groups in total. The van der Waals surface area contributed by atoms with E-state index < -0.39 is 35.3 Å². The number of benzene rings is 3. The van der Waals surface area contributed by atoms with Gasteiger partial charge in [0.05, 0.1) is 24.6 Å². The minimum absolute atomic E-state index is 0.0350. The zero-order valence-electron chi connectivity index (χ0n) is 24.2. The molecule has 1 fully saturated rings. The molecule has 2 aliphatic heterocycles. The Morgan fingerprint density at radius 1 is 0.907 bits per heavy atom. The van der Waals surface area contributed by atoms with E-state index in [1.807, 2.05) is 0 Å². The van der Waals surface area contributed by atoms with Crippen LogP contribution in [0.25, 0.3) is 0 Å². The van der Waals surface area contributed by atoms with Crippen molar-refractivity contribution in [3.63, 3.8) is 0 Å². The van der Waals surface area contributed by atoms with E-state index in [-0.39, 0.29) is 12.6 Å². The van der Waals surface area contributed by atoms with Gasteiger partial charge in [0, 0.05) is 11.5 Å². The molecule has 9 heteroatoms. The highest BCUT2D eigenvalue weighted by atomic mass is 16.7. The molecule has 4 unspecified atom stereocenters. The maximum Gasteiger partial charge on any atom is 0.330 e. The highest BCUT2D eigenvalue weighted by Gasteiger charge is 2.65. The summed E-state index contributed by atoms with van der Waals surface area (Å²) in [6.07, 6.45) is 0. The molecule has 0 bridgehead atoms. The number of likely N-dealkylation sites (tertiary alicyclic amines) is 1. The lowest BCUT2D eigenvalue weighted by molar-refractivity contribution is -0.148. The average Bonchev–Trinajstić information content (AvgIpc) is 3.70. The van der Waals surface area contributed by atoms with Gasteiger partial charge in [0.2, 0.25) is 6.79 Å². The van der Waals surface area contributed by atoms with Crippen LogP contribution < -0.4 is 14.2 Å². The summed E-state index contributed by atoms with van der Waals surface area (Å²) in [6, 6.07) is 21.3. The number of Topliss-reactive ketones (excluding diaryl/α,β-unsaturated/α-hetero) is 1. The fourth-order valence-electron chi connectivity index (χ4n) is 6.57. The second kappa shape index (κ2) is 10.7. The highest BCUT2D eigenvalue weighted by molar-refractivity contribution is 6.05. The van der Waals surface area contributed by atoms with Gasteiger partial charge in [-0.2, -0.15) is 0 Å². The molecule has 0 radical (unpaired) electrons. The van der Waals surface area contributed by atoms with Gasteiger partial charge in [-0.3, -0.25) is 9.59 Å². The predicted octanol–water partition coefficient (Wildman–Crippen LogP) is 5.96. The van der Waals surface area contributed by atoms with Gasteiger partial charge in [0.25, 0.3) is 5.91 Å². The number of fused-ring (bicyclic) bond motifs is 1. The van der Waals surface area contributed by atoms with Gasteiger partial charge in [-0.1, -0.05) is 36.4 Å². The Morgan fingerprint density at radius 3 is 2.21 bits per heavy atom. The van der Waals surface area contributed by atoms with Crippen molar-refractivity contribution in [3.05, 3.63) is 113 Å². The van der Waals surface area contributed by atoms with Crippen LogP contribution >= 0.6 is 0 Å². The summed E-state index contributed by atoms with van der Waals surface area (Å²) in [5.74, 6) is -1.51. The number of aryl methyl sites for hydroxylation is 2. The summed E-state index contributed by atoms with van der Waals surface area (Å²) in [6.45, 7) is 5.01. The molecule has 1 aromatic heterocycles. The van der Waals surface area contributed by atoms with Gasteiger partial charge >= 0.3 is 5.97 Å². The third kappa shape index (κ3) is 4.52. The van der Waals surface area contributed by atoms with Gasteiger partial charge < -0.3 is 28.6 Å². The Balaban J connectivity index is 1.65. The van der Waals surface area contributed by atoms with E-state index in [1.165, 1.54) is 18.9 Å². The van der Waals surface area contributed by atoms with Crippen molar-refractivity contribution >= 4 is 17.7 Å². The lowest BCUT2D eigenvalue weighted by atomic mass is 9.71. The monoisotopic (exact) mass is 581 g/mol. The van der Waals surface area contributed by atoms with E-state index >= 15 is 0 Å². The summed E-state index contributed by atoms with van der Waals surface area (Å²) in [7, 11) is 1.54. The SMILES string of the molecule is COc1ccc(C2C(C(=O)c3cc(C)oc3C)C(c3ccc4c(c3)OCO4)N(C(=O)c3ccccc3)C2(C)C(=O)O)cc1. The molecule has 3 heterocycles. The van der Waals surface area contributed by atoms with Crippen molar-refractivity contribution in [2.75, 3.05) is 13.9 Å². The Bertz CT molecular complexity index is 1710. The predicted molar refractivity (Wildman–Crippen MR) is 156 cm³/mol. The zero-order valence-corrected chi connectivity index (χ0v) is 24.2. The maximum absolute atomic E-state index is 14.7. The molecule has 4 atom stereocenters. The summed E-state index contributed by atoms with van der Waals surface area (Å²) >= 11 is 0. The number of nitrogens with zero attached hydrogens (tertiary/aromatic N) is 1. The van der Waals surface area contributed by atoms with E-state index in [0.29, 0.717) is 51.0 Å². The summed E-state index contributed by atoms with van der Waals surface area (Å²) in [5.41, 5.74) is -0.0781. The number of methoxy groups -OCH3 is 1. The molecule has 6 rings (SSSR count). The third-order valence-corrected chi connectivity index (χ3v) is 8.58. The Morgan fingerprint density at radius 2 is 1.58 bits per heavy atom. The van der Waals surface area contributed by atoms with E-state index in [1.54, 1.807) is 92.7 Å². The number of hydrogen-bond acceptors (Lipinski definition) is 7. The van der Waals surface area contributed by atoms with E-state index in [4.69, 9.17) is 18.6 Å². The Labute approximate surface area is 248 Å².